The molecule has 0 aliphatic heterocycles. The van der Waals surface area contributed by atoms with Gasteiger partial charge in [-0.3, -0.25) is 9.59 Å². The lowest BCUT2D eigenvalue weighted by Crippen LogP contribution is -2.42. The average Bonchev–Trinajstić information content (AvgIpc) is 2.27. The van der Waals surface area contributed by atoms with Crippen molar-refractivity contribution in [3.63, 3.8) is 0 Å². The smallest absolute Gasteiger partial charge is 0.322 e. The second-order valence-corrected chi connectivity index (χ2v) is 5.64. The Morgan fingerprint density at radius 3 is 2.42 bits per heavy atom. The van der Waals surface area contributed by atoms with Gasteiger partial charge in [0.1, 0.15) is 6.04 Å². The summed E-state index contributed by atoms with van der Waals surface area (Å²) >= 11 is 0. The van der Waals surface area contributed by atoms with Crippen molar-refractivity contribution in [2.45, 2.75) is 24.3 Å². The molecule has 19 heavy (non-hydrogen) atoms. The number of aryl methyl sites for hydroxylation is 1. The van der Waals surface area contributed by atoms with Gasteiger partial charge in [-0.2, -0.15) is 4.72 Å². The summed E-state index contributed by atoms with van der Waals surface area (Å²) in [7, 11) is -4.07. The first-order valence-electron chi connectivity index (χ1n) is 5.26. The van der Waals surface area contributed by atoms with Crippen molar-refractivity contribution in [1.82, 2.24) is 4.72 Å². The highest BCUT2D eigenvalue weighted by Gasteiger charge is 2.27. The topological polar surface area (TPSA) is 121 Å². The largest absolute Gasteiger partial charge is 0.481 e. The Hall–Kier alpha value is -1.93. The van der Waals surface area contributed by atoms with Gasteiger partial charge in [-0.1, -0.05) is 12.1 Å². The minimum absolute atomic E-state index is 0.107. The second-order valence-electron chi connectivity index (χ2n) is 3.93. The fourth-order valence-corrected chi connectivity index (χ4v) is 2.69. The van der Waals surface area contributed by atoms with Crippen LogP contribution in [0.2, 0.25) is 0 Å². The molecule has 0 unspecified atom stereocenters. The van der Waals surface area contributed by atoms with Gasteiger partial charge in [0.2, 0.25) is 10.0 Å². The van der Waals surface area contributed by atoms with Gasteiger partial charge in [-0.15, -0.1) is 0 Å². The van der Waals surface area contributed by atoms with E-state index in [9.17, 15) is 18.0 Å². The monoisotopic (exact) mass is 287 g/mol. The maximum absolute atomic E-state index is 11.9. The molecular formula is C11H13NO6S. The first-order valence-corrected chi connectivity index (χ1v) is 6.74. The van der Waals surface area contributed by atoms with Crippen molar-refractivity contribution in [1.29, 1.82) is 0 Å². The first kappa shape index (κ1) is 15.1. The summed E-state index contributed by atoms with van der Waals surface area (Å²) in [6.07, 6.45) is -0.833. The molecule has 0 aromatic heterocycles. The van der Waals surface area contributed by atoms with Gasteiger partial charge < -0.3 is 10.2 Å². The van der Waals surface area contributed by atoms with Gasteiger partial charge in [0.05, 0.1) is 11.3 Å². The van der Waals surface area contributed by atoms with Crippen molar-refractivity contribution >= 4 is 22.0 Å². The van der Waals surface area contributed by atoms with Crippen LogP contribution in [0.5, 0.6) is 0 Å². The maximum atomic E-state index is 11.9. The van der Waals surface area contributed by atoms with Gasteiger partial charge in [-0.25, -0.2) is 8.42 Å². The molecule has 7 nitrogen and oxygen atoms in total. The van der Waals surface area contributed by atoms with Gasteiger partial charge in [0.15, 0.2) is 0 Å². The summed E-state index contributed by atoms with van der Waals surface area (Å²) in [5.41, 5.74) is 0.688. The Kier molecular flexibility index (Phi) is 4.62. The van der Waals surface area contributed by atoms with Gasteiger partial charge >= 0.3 is 11.9 Å². The van der Waals surface area contributed by atoms with Crippen LogP contribution in [0.4, 0.5) is 0 Å². The van der Waals surface area contributed by atoms with Crippen LogP contribution >= 0.6 is 0 Å². The molecule has 0 saturated heterocycles. The van der Waals surface area contributed by atoms with Crippen molar-refractivity contribution < 1.29 is 28.2 Å². The number of aliphatic carboxylic acids is 2. The van der Waals surface area contributed by atoms with Gasteiger partial charge in [-0.05, 0) is 24.6 Å². The van der Waals surface area contributed by atoms with Crippen molar-refractivity contribution in [3.05, 3.63) is 29.8 Å². The number of carboxylic acid groups (broad SMARTS) is 2. The Morgan fingerprint density at radius 1 is 1.32 bits per heavy atom. The predicted octanol–water partition coefficient (Wildman–Crippen LogP) is 0.201. The Balaban J connectivity index is 3.00. The fourth-order valence-electron chi connectivity index (χ4n) is 1.39. The number of nitrogens with one attached hydrogen (secondary N) is 1. The molecule has 0 heterocycles. The third-order valence-electron chi connectivity index (χ3n) is 2.27. The maximum Gasteiger partial charge on any atom is 0.322 e. The second kappa shape index (κ2) is 5.81. The summed E-state index contributed by atoms with van der Waals surface area (Å²) in [6, 6.07) is 4.15. The summed E-state index contributed by atoms with van der Waals surface area (Å²) in [6.45, 7) is 1.69. The lowest BCUT2D eigenvalue weighted by atomic mass is 10.2. The van der Waals surface area contributed by atoms with Crippen LogP contribution in [-0.2, 0) is 19.6 Å². The molecule has 0 aliphatic rings. The highest BCUT2D eigenvalue weighted by Crippen LogP contribution is 2.12. The van der Waals surface area contributed by atoms with Crippen LogP contribution in [0.1, 0.15) is 12.0 Å². The first-order chi connectivity index (χ1) is 8.72. The van der Waals surface area contributed by atoms with Gasteiger partial charge in [0.25, 0.3) is 0 Å². The number of carboxylic acids is 2. The molecule has 1 aromatic rings. The molecule has 1 rings (SSSR count). The minimum Gasteiger partial charge on any atom is -0.481 e. The highest BCUT2D eigenvalue weighted by molar-refractivity contribution is 7.89. The molecule has 0 saturated carbocycles. The SMILES string of the molecule is Cc1cccc(S(=O)(=O)N[C@@H](CC(=O)O)C(=O)O)c1. The normalized spacial score (nSPS) is 12.9. The van der Waals surface area contributed by atoms with Crippen LogP contribution in [0, 0.1) is 6.92 Å². The summed E-state index contributed by atoms with van der Waals surface area (Å²) in [4.78, 5) is 21.2. The summed E-state index contributed by atoms with van der Waals surface area (Å²) in [5, 5.41) is 17.3. The molecule has 1 aromatic carbocycles. The van der Waals surface area contributed by atoms with Crippen LogP contribution in [-0.4, -0.2) is 36.6 Å². The van der Waals surface area contributed by atoms with E-state index in [-0.39, 0.29) is 4.90 Å². The molecule has 8 heteroatoms. The number of sulfonamides is 1. The van der Waals surface area contributed by atoms with E-state index >= 15 is 0 Å². The zero-order valence-electron chi connectivity index (χ0n) is 10.0. The highest BCUT2D eigenvalue weighted by atomic mass is 32.2. The molecule has 0 radical (unpaired) electrons. The van der Waals surface area contributed by atoms with E-state index in [0.29, 0.717) is 5.56 Å². The molecular weight excluding hydrogens is 274 g/mol. The van der Waals surface area contributed by atoms with Crippen LogP contribution < -0.4 is 4.72 Å². The minimum atomic E-state index is -4.07. The Labute approximate surface area is 109 Å². The fraction of sp³-hybridized carbons (Fsp3) is 0.273. The molecule has 0 fully saturated rings. The van der Waals surface area contributed by atoms with E-state index < -0.39 is 34.4 Å². The lowest BCUT2D eigenvalue weighted by molar-refractivity contribution is -0.145. The zero-order valence-corrected chi connectivity index (χ0v) is 10.8. The van der Waals surface area contributed by atoms with E-state index in [4.69, 9.17) is 10.2 Å². The third kappa shape index (κ3) is 4.34. The summed E-state index contributed by atoms with van der Waals surface area (Å²) in [5.74, 6) is -2.95. The van der Waals surface area contributed by atoms with Crippen LogP contribution in [0.15, 0.2) is 29.2 Å². The van der Waals surface area contributed by atoms with Crippen molar-refractivity contribution in [3.8, 4) is 0 Å². The molecule has 0 aliphatic carbocycles. The Morgan fingerprint density at radius 2 is 1.95 bits per heavy atom. The molecule has 1 atom stereocenters. The molecule has 0 spiro atoms. The van der Waals surface area contributed by atoms with E-state index in [1.54, 1.807) is 13.0 Å². The molecule has 0 amide bonds. The summed E-state index contributed by atoms with van der Waals surface area (Å²) < 4.78 is 25.7. The number of benzene rings is 1. The van der Waals surface area contributed by atoms with Crippen molar-refractivity contribution in [2.75, 3.05) is 0 Å². The Bertz CT molecular complexity index is 595. The number of carbonyl (C=O) groups is 2. The molecule has 0 bridgehead atoms. The molecule has 3 N–H and O–H groups in total. The van der Waals surface area contributed by atoms with Crippen LogP contribution in [0.25, 0.3) is 0 Å². The quantitative estimate of drug-likeness (QED) is 0.687. The third-order valence-corrected chi connectivity index (χ3v) is 3.74. The number of hydrogen-bond donors (Lipinski definition) is 3. The van der Waals surface area contributed by atoms with E-state index in [0.717, 1.165) is 0 Å². The van der Waals surface area contributed by atoms with E-state index in [1.165, 1.54) is 18.2 Å². The van der Waals surface area contributed by atoms with E-state index in [2.05, 4.69) is 0 Å². The number of rotatable bonds is 6. The molecule has 104 valence electrons. The lowest BCUT2D eigenvalue weighted by Gasteiger charge is -2.13. The van der Waals surface area contributed by atoms with Crippen molar-refractivity contribution in [2.24, 2.45) is 0 Å². The van der Waals surface area contributed by atoms with E-state index in [1.807, 2.05) is 4.72 Å². The zero-order chi connectivity index (χ0) is 14.6. The van der Waals surface area contributed by atoms with Crippen LogP contribution in [0.3, 0.4) is 0 Å². The van der Waals surface area contributed by atoms with Gasteiger partial charge in [0, 0.05) is 0 Å². The average molecular weight is 287 g/mol. The number of hydrogen-bond acceptors (Lipinski definition) is 4. The predicted molar refractivity (Wildman–Crippen MR) is 65.2 cm³/mol. The standard InChI is InChI=1S/C11H13NO6S/c1-7-3-2-4-8(5-7)19(17,18)12-9(11(15)16)6-10(13)14/h2-5,9,12H,6H2,1H3,(H,13,14)(H,15,16)/t9-/m0/s1.